The van der Waals surface area contributed by atoms with Crippen molar-refractivity contribution in [3.63, 3.8) is 0 Å². The Morgan fingerprint density at radius 1 is 1.29 bits per heavy atom. The van der Waals surface area contributed by atoms with Crippen LogP contribution in [0.25, 0.3) is 0 Å². The molecule has 1 aliphatic heterocycles. The van der Waals surface area contributed by atoms with Gasteiger partial charge >= 0.3 is 0 Å². The maximum absolute atomic E-state index is 12.6. The Hall–Kier alpha value is -1.41. The van der Waals surface area contributed by atoms with Crippen LogP contribution < -0.4 is 5.32 Å². The third-order valence-electron chi connectivity index (χ3n) is 4.07. The number of piperazine rings is 1. The Kier molecular flexibility index (Phi) is 6.40. The fourth-order valence-corrected chi connectivity index (χ4v) is 4.12. The molecule has 1 aliphatic rings. The van der Waals surface area contributed by atoms with Crippen LogP contribution >= 0.6 is 11.6 Å². The summed E-state index contributed by atoms with van der Waals surface area (Å²) in [6.07, 6.45) is 1.63. The van der Waals surface area contributed by atoms with Crippen molar-refractivity contribution >= 4 is 27.5 Å². The van der Waals surface area contributed by atoms with Gasteiger partial charge in [0.2, 0.25) is 15.9 Å². The molecular weight excluding hydrogens is 350 g/mol. The van der Waals surface area contributed by atoms with Crippen molar-refractivity contribution in [3.05, 3.63) is 41.9 Å². The zero-order valence-electron chi connectivity index (χ0n) is 13.6. The Labute approximate surface area is 148 Å². The molecule has 0 unspecified atom stereocenters. The van der Waals surface area contributed by atoms with Crippen molar-refractivity contribution < 1.29 is 13.2 Å². The average molecular weight is 372 g/mol. The fourth-order valence-electron chi connectivity index (χ4n) is 2.57. The van der Waals surface area contributed by atoms with Gasteiger partial charge in [0.15, 0.2) is 0 Å². The van der Waals surface area contributed by atoms with Crippen molar-refractivity contribution in [1.82, 2.24) is 14.5 Å². The number of rotatable bonds is 6. The molecule has 0 saturated carbocycles. The second-order valence-electron chi connectivity index (χ2n) is 5.60. The average Bonchev–Trinajstić information content (AvgIpc) is 2.59. The van der Waals surface area contributed by atoms with E-state index >= 15 is 0 Å². The van der Waals surface area contributed by atoms with E-state index in [-0.39, 0.29) is 16.8 Å². The molecule has 1 aromatic rings. The predicted molar refractivity (Wildman–Crippen MR) is 94.5 cm³/mol. The minimum absolute atomic E-state index is 0.0797. The van der Waals surface area contributed by atoms with Crippen LogP contribution in [-0.2, 0) is 14.8 Å². The van der Waals surface area contributed by atoms with Crippen LogP contribution in [0.15, 0.2) is 41.8 Å². The number of hydrogen-bond donors (Lipinski definition) is 1. The van der Waals surface area contributed by atoms with E-state index in [1.54, 1.807) is 18.2 Å². The second-order valence-corrected chi connectivity index (χ2v) is 7.98. The highest BCUT2D eigenvalue weighted by Crippen LogP contribution is 2.20. The minimum atomic E-state index is -3.53. The summed E-state index contributed by atoms with van der Waals surface area (Å²) in [6, 6.07) is 5.85. The second kappa shape index (κ2) is 8.11. The highest BCUT2D eigenvalue weighted by molar-refractivity contribution is 7.89. The standard InChI is InChI=1S/C16H22ClN3O3S/c1-3-8-18-16(21)13(2)19-9-11-20(12-10-19)24(22,23)15-6-4-14(17)5-7-15/h3-7,13H,1,8-12H2,2H3,(H,18,21)/t13-/m0/s1. The molecule has 1 fully saturated rings. The van der Waals surface area contributed by atoms with Gasteiger partial charge in [0, 0.05) is 37.7 Å². The van der Waals surface area contributed by atoms with Gasteiger partial charge in [-0.25, -0.2) is 8.42 Å². The summed E-state index contributed by atoms with van der Waals surface area (Å²) in [5.41, 5.74) is 0. The van der Waals surface area contributed by atoms with Crippen LogP contribution in [0.4, 0.5) is 0 Å². The predicted octanol–water partition coefficient (Wildman–Crippen LogP) is 1.34. The minimum Gasteiger partial charge on any atom is -0.351 e. The zero-order chi connectivity index (χ0) is 17.7. The third kappa shape index (κ3) is 4.36. The molecular formula is C16H22ClN3O3S. The molecule has 0 aliphatic carbocycles. The first kappa shape index (κ1) is 18.9. The number of carbonyl (C=O) groups excluding carboxylic acids is 1. The van der Waals surface area contributed by atoms with E-state index in [0.29, 0.717) is 37.7 Å². The molecule has 1 N–H and O–H groups in total. The molecule has 6 nitrogen and oxygen atoms in total. The van der Waals surface area contributed by atoms with E-state index in [9.17, 15) is 13.2 Å². The topological polar surface area (TPSA) is 69.7 Å². The quantitative estimate of drug-likeness (QED) is 0.766. The molecule has 0 spiro atoms. The van der Waals surface area contributed by atoms with E-state index in [4.69, 9.17) is 11.6 Å². The van der Waals surface area contributed by atoms with Crippen LogP contribution in [0.2, 0.25) is 5.02 Å². The van der Waals surface area contributed by atoms with Crippen molar-refractivity contribution in [2.45, 2.75) is 17.9 Å². The Morgan fingerprint density at radius 3 is 2.42 bits per heavy atom. The summed E-state index contributed by atoms with van der Waals surface area (Å²) < 4.78 is 26.7. The summed E-state index contributed by atoms with van der Waals surface area (Å²) in [7, 11) is -3.53. The van der Waals surface area contributed by atoms with E-state index in [1.807, 2.05) is 11.8 Å². The lowest BCUT2D eigenvalue weighted by molar-refractivity contribution is -0.126. The summed E-state index contributed by atoms with van der Waals surface area (Å²) in [5.74, 6) is -0.0797. The largest absolute Gasteiger partial charge is 0.351 e. The van der Waals surface area contributed by atoms with Crippen molar-refractivity contribution in [2.75, 3.05) is 32.7 Å². The number of sulfonamides is 1. The molecule has 1 atom stereocenters. The number of halogens is 1. The molecule has 0 radical (unpaired) electrons. The van der Waals surface area contributed by atoms with Crippen molar-refractivity contribution in [2.24, 2.45) is 0 Å². The summed E-state index contributed by atoms with van der Waals surface area (Å²) in [5, 5.41) is 3.26. The number of amides is 1. The zero-order valence-corrected chi connectivity index (χ0v) is 15.2. The maximum Gasteiger partial charge on any atom is 0.243 e. The first-order chi connectivity index (χ1) is 11.4. The van der Waals surface area contributed by atoms with Crippen LogP contribution in [0.5, 0.6) is 0 Å². The Morgan fingerprint density at radius 2 is 1.88 bits per heavy atom. The Balaban J connectivity index is 1.98. The molecule has 2 rings (SSSR count). The monoisotopic (exact) mass is 371 g/mol. The van der Waals surface area contributed by atoms with Gasteiger partial charge in [-0.15, -0.1) is 6.58 Å². The maximum atomic E-state index is 12.6. The molecule has 1 amide bonds. The highest BCUT2D eigenvalue weighted by Gasteiger charge is 2.31. The molecule has 1 aromatic carbocycles. The summed E-state index contributed by atoms with van der Waals surface area (Å²) >= 11 is 5.81. The van der Waals surface area contributed by atoms with Gasteiger partial charge in [-0.05, 0) is 31.2 Å². The molecule has 0 aromatic heterocycles. The summed E-state index contributed by atoms with van der Waals surface area (Å²) in [4.78, 5) is 14.2. The SMILES string of the molecule is C=CCNC(=O)[C@H](C)N1CCN(S(=O)(=O)c2ccc(Cl)cc2)CC1. The number of carbonyl (C=O) groups is 1. The molecule has 1 heterocycles. The van der Waals surface area contributed by atoms with E-state index in [1.165, 1.54) is 16.4 Å². The fraction of sp³-hybridized carbons (Fsp3) is 0.438. The van der Waals surface area contributed by atoms with E-state index in [0.717, 1.165) is 0 Å². The lowest BCUT2D eigenvalue weighted by Gasteiger charge is -2.36. The first-order valence-corrected chi connectivity index (χ1v) is 9.56. The summed E-state index contributed by atoms with van der Waals surface area (Å²) in [6.45, 7) is 7.53. The van der Waals surface area contributed by atoms with Crippen molar-refractivity contribution in [1.29, 1.82) is 0 Å². The number of nitrogens with zero attached hydrogens (tertiary/aromatic N) is 2. The van der Waals surface area contributed by atoms with Gasteiger partial charge in [0.05, 0.1) is 10.9 Å². The van der Waals surface area contributed by atoms with E-state index < -0.39 is 10.0 Å². The number of benzene rings is 1. The van der Waals surface area contributed by atoms with Gasteiger partial charge in [0.25, 0.3) is 0 Å². The van der Waals surface area contributed by atoms with Gasteiger partial charge in [-0.2, -0.15) is 4.31 Å². The third-order valence-corrected chi connectivity index (χ3v) is 6.24. The lowest BCUT2D eigenvalue weighted by atomic mass is 10.2. The molecule has 1 saturated heterocycles. The number of nitrogens with one attached hydrogen (secondary N) is 1. The molecule has 8 heteroatoms. The van der Waals surface area contributed by atoms with Gasteiger partial charge in [-0.3, -0.25) is 9.69 Å². The van der Waals surface area contributed by atoms with Gasteiger partial charge in [-0.1, -0.05) is 17.7 Å². The molecule has 0 bridgehead atoms. The van der Waals surface area contributed by atoms with E-state index in [2.05, 4.69) is 11.9 Å². The van der Waals surface area contributed by atoms with Gasteiger partial charge < -0.3 is 5.32 Å². The van der Waals surface area contributed by atoms with Gasteiger partial charge in [0.1, 0.15) is 0 Å². The highest BCUT2D eigenvalue weighted by atomic mass is 35.5. The Bertz CT molecular complexity index is 683. The van der Waals surface area contributed by atoms with Crippen LogP contribution in [0.1, 0.15) is 6.92 Å². The first-order valence-electron chi connectivity index (χ1n) is 7.74. The van der Waals surface area contributed by atoms with Crippen molar-refractivity contribution in [3.8, 4) is 0 Å². The number of hydrogen-bond acceptors (Lipinski definition) is 4. The van der Waals surface area contributed by atoms with Crippen LogP contribution in [0.3, 0.4) is 0 Å². The molecule has 132 valence electrons. The van der Waals surface area contributed by atoms with Crippen LogP contribution in [-0.4, -0.2) is 62.3 Å². The lowest BCUT2D eigenvalue weighted by Crippen LogP contribution is -2.54. The molecule has 24 heavy (non-hydrogen) atoms. The normalized spacial score (nSPS) is 18.1. The van der Waals surface area contributed by atoms with Crippen LogP contribution in [0, 0.1) is 0 Å². The smallest absolute Gasteiger partial charge is 0.243 e.